The molecule has 1 aromatic heterocycles. The third kappa shape index (κ3) is 1.94. The van der Waals surface area contributed by atoms with Crippen molar-refractivity contribution in [1.82, 2.24) is 4.90 Å². The van der Waals surface area contributed by atoms with E-state index in [1.807, 2.05) is 0 Å². The quantitative estimate of drug-likeness (QED) is 0.829. The van der Waals surface area contributed by atoms with Gasteiger partial charge in [0.1, 0.15) is 0 Å². The Bertz CT molecular complexity index is 414. The van der Waals surface area contributed by atoms with Gasteiger partial charge in [-0.2, -0.15) is 0 Å². The van der Waals surface area contributed by atoms with Gasteiger partial charge in [-0.25, -0.2) is 0 Å². The molecule has 2 unspecified atom stereocenters. The summed E-state index contributed by atoms with van der Waals surface area (Å²) in [6, 6.07) is 4.32. The standard InChI is InChI=1S/C15H21NOS/c17-13-7-2-3-9-15(13,14-8-6-12-18-14)16-10-4-1-5-11-16/h1,4,6,8,12-13,17H,2-3,5,7,9-11H2. The molecule has 18 heavy (non-hydrogen) atoms. The van der Waals surface area contributed by atoms with E-state index in [0.29, 0.717) is 0 Å². The Morgan fingerprint density at radius 2 is 2.28 bits per heavy atom. The first kappa shape index (κ1) is 12.4. The first-order valence-corrected chi connectivity index (χ1v) is 7.84. The van der Waals surface area contributed by atoms with Crippen LogP contribution >= 0.6 is 11.3 Å². The highest BCUT2D eigenvalue weighted by Crippen LogP contribution is 2.44. The van der Waals surface area contributed by atoms with E-state index in [9.17, 15) is 5.11 Å². The minimum absolute atomic E-state index is 0.114. The third-order valence-corrected chi connectivity index (χ3v) is 5.44. The van der Waals surface area contributed by atoms with Gasteiger partial charge in [-0.05, 0) is 30.7 Å². The normalized spacial score (nSPS) is 33.7. The Morgan fingerprint density at radius 1 is 1.33 bits per heavy atom. The average Bonchev–Trinajstić information content (AvgIpc) is 2.95. The lowest BCUT2D eigenvalue weighted by molar-refractivity contribution is -0.0588. The van der Waals surface area contributed by atoms with Crippen LogP contribution < -0.4 is 0 Å². The molecular weight excluding hydrogens is 242 g/mol. The van der Waals surface area contributed by atoms with Gasteiger partial charge in [-0.15, -0.1) is 11.3 Å². The molecule has 0 spiro atoms. The summed E-state index contributed by atoms with van der Waals surface area (Å²) in [5, 5.41) is 12.8. The predicted molar refractivity (Wildman–Crippen MR) is 75.8 cm³/mol. The van der Waals surface area contributed by atoms with Crippen LogP contribution in [0.1, 0.15) is 37.0 Å². The van der Waals surface area contributed by atoms with Gasteiger partial charge in [-0.3, -0.25) is 4.90 Å². The smallest absolute Gasteiger partial charge is 0.0818 e. The Labute approximate surface area is 113 Å². The largest absolute Gasteiger partial charge is 0.391 e. The maximum atomic E-state index is 10.7. The molecule has 0 radical (unpaired) electrons. The van der Waals surface area contributed by atoms with Crippen molar-refractivity contribution in [2.24, 2.45) is 0 Å². The number of hydrogen-bond acceptors (Lipinski definition) is 3. The minimum atomic E-state index is -0.212. The minimum Gasteiger partial charge on any atom is -0.391 e. The van der Waals surface area contributed by atoms with Crippen molar-refractivity contribution >= 4 is 11.3 Å². The third-order valence-electron chi connectivity index (χ3n) is 4.41. The van der Waals surface area contributed by atoms with Crippen molar-refractivity contribution < 1.29 is 5.11 Å². The van der Waals surface area contributed by atoms with E-state index in [1.54, 1.807) is 11.3 Å². The molecule has 2 heterocycles. The molecule has 2 nitrogen and oxygen atoms in total. The molecule has 1 aliphatic carbocycles. The van der Waals surface area contributed by atoms with Crippen molar-refractivity contribution in [2.45, 2.75) is 43.7 Å². The number of hydrogen-bond donors (Lipinski definition) is 1. The highest BCUT2D eigenvalue weighted by molar-refractivity contribution is 7.10. The van der Waals surface area contributed by atoms with E-state index in [2.05, 4.69) is 34.6 Å². The first-order chi connectivity index (χ1) is 8.84. The van der Waals surface area contributed by atoms with Crippen LogP contribution in [-0.2, 0) is 5.54 Å². The molecular formula is C15H21NOS. The second-order valence-electron chi connectivity index (χ2n) is 5.37. The summed E-state index contributed by atoms with van der Waals surface area (Å²) in [6.45, 7) is 2.06. The van der Waals surface area contributed by atoms with Crippen LogP contribution in [0.15, 0.2) is 29.7 Å². The van der Waals surface area contributed by atoms with Crippen molar-refractivity contribution in [3.8, 4) is 0 Å². The number of aliphatic hydroxyl groups is 1. The second kappa shape index (κ2) is 5.16. The van der Waals surface area contributed by atoms with E-state index in [-0.39, 0.29) is 11.6 Å². The highest BCUT2D eigenvalue weighted by Gasteiger charge is 2.46. The molecule has 1 aromatic rings. The van der Waals surface area contributed by atoms with Gasteiger partial charge in [0.25, 0.3) is 0 Å². The summed E-state index contributed by atoms with van der Waals surface area (Å²) in [5.74, 6) is 0. The zero-order chi connectivity index (χ0) is 12.4. The van der Waals surface area contributed by atoms with E-state index in [1.165, 1.54) is 11.3 Å². The zero-order valence-corrected chi connectivity index (χ0v) is 11.5. The predicted octanol–water partition coefficient (Wildman–Crippen LogP) is 3.14. The maximum absolute atomic E-state index is 10.7. The number of nitrogens with zero attached hydrogens (tertiary/aromatic N) is 1. The maximum Gasteiger partial charge on any atom is 0.0818 e. The van der Waals surface area contributed by atoms with Crippen molar-refractivity contribution in [3.05, 3.63) is 34.5 Å². The fraction of sp³-hybridized carbons (Fsp3) is 0.600. The van der Waals surface area contributed by atoms with Crippen molar-refractivity contribution in [1.29, 1.82) is 0 Å². The molecule has 0 saturated heterocycles. The van der Waals surface area contributed by atoms with Crippen LogP contribution in [0.4, 0.5) is 0 Å². The first-order valence-electron chi connectivity index (χ1n) is 6.96. The highest BCUT2D eigenvalue weighted by atomic mass is 32.1. The van der Waals surface area contributed by atoms with Gasteiger partial charge in [0, 0.05) is 18.0 Å². The van der Waals surface area contributed by atoms with Crippen LogP contribution in [0.5, 0.6) is 0 Å². The zero-order valence-electron chi connectivity index (χ0n) is 10.7. The molecule has 1 fully saturated rings. The van der Waals surface area contributed by atoms with E-state index < -0.39 is 0 Å². The molecule has 3 rings (SSSR count). The van der Waals surface area contributed by atoms with E-state index >= 15 is 0 Å². The molecule has 0 bridgehead atoms. The number of rotatable bonds is 2. The molecule has 2 aliphatic rings. The fourth-order valence-electron chi connectivity index (χ4n) is 3.48. The monoisotopic (exact) mass is 263 g/mol. The van der Waals surface area contributed by atoms with Crippen molar-refractivity contribution in [3.63, 3.8) is 0 Å². The molecule has 98 valence electrons. The summed E-state index contributed by atoms with van der Waals surface area (Å²) in [7, 11) is 0. The lowest BCUT2D eigenvalue weighted by Crippen LogP contribution is -2.56. The van der Waals surface area contributed by atoms with E-state index in [4.69, 9.17) is 0 Å². The lowest BCUT2D eigenvalue weighted by atomic mass is 9.76. The van der Waals surface area contributed by atoms with Gasteiger partial charge >= 0.3 is 0 Å². The Morgan fingerprint density at radius 3 is 2.94 bits per heavy atom. The number of aliphatic hydroxyl groups excluding tert-OH is 1. The number of thiophene rings is 1. The van der Waals surface area contributed by atoms with Gasteiger partial charge in [-0.1, -0.05) is 31.1 Å². The average molecular weight is 263 g/mol. The van der Waals surface area contributed by atoms with Crippen LogP contribution in [-0.4, -0.2) is 29.2 Å². The molecule has 1 saturated carbocycles. The molecule has 1 N–H and O–H groups in total. The fourth-order valence-corrected chi connectivity index (χ4v) is 4.51. The summed E-state index contributed by atoms with van der Waals surface area (Å²) >= 11 is 1.80. The Kier molecular flexibility index (Phi) is 3.55. The SMILES string of the molecule is OC1CCCCC1(c1cccs1)N1CC=CCC1. The molecule has 2 atom stereocenters. The topological polar surface area (TPSA) is 23.5 Å². The lowest BCUT2D eigenvalue weighted by Gasteiger charge is -2.49. The van der Waals surface area contributed by atoms with Gasteiger partial charge in [0.15, 0.2) is 0 Å². The Hall–Kier alpha value is -0.640. The van der Waals surface area contributed by atoms with E-state index in [0.717, 1.165) is 38.8 Å². The molecule has 1 aliphatic heterocycles. The Balaban J connectivity index is 1.99. The van der Waals surface area contributed by atoms with Gasteiger partial charge in [0.2, 0.25) is 0 Å². The van der Waals surface area contributed by atoms with Crippen molar-refractivity contribution in [2.75, 3.05) is 13.1 Å². The van der Waals surface area contributed by atoms with Crippen LogP contribution in [0.2, 0.25) is 0 Å². The van der Waals surface area contributed by atoms with Gasteiger partial charge in [0.05, 0.1) is 11.6 Å². The second-order valence-corrected chi connectivity index (χ2v) is 6.32. The molecule has 0 aromatic carbocycles. The summed E-state index contributed by atoms with van der Waals surface area (Å²) in [5.41, 5.74) is -0.114. The summed E-state index contributed by atoms with van der Waals surface area (Å²) in [6.07, 6.45) is 9.85. The molecule has 3 heteroatoms. The van der Waals surface area contributed by atoms with Crippen LogP contribution in [0.3, 0.4) is 0 Å². The van der Waals surface area contributed by atoms with Crippen LogP contribution in [0, 0.1) is 0 Å². The summed E-state index contributed by atoms with van der Waals surface area (Å²) < 4.78 is 0. The molecule has 0 amide bonds. The summed E-state index contributed by atoms with van der Waals surface area (Å²) in [4.78, 5) is 3.85. The van der Waals surface area contributed by atoms with Crippen LogP contribution in [0.25, 0.3) is 0 Å². The van der Waals surface area contributed by atoms with Gasteiger partial charge < -0.3 is 5.11 Å².